The normalized spacial score (nSPS) is 22.7. The first-order valence-corrected chi connectivity index (χ1v) is 8.88. The largest absolute Gasteiger partial charge is 0.375 e. The van der Waals surface area contributed by atoms with Crippen molar-refractivity contribution >= 4 is 5.91 Å². The molecule has 3 rings (SSSR count). The summed E-state index contributed by atoms with van der Waals surface area (Å²) in [6.45, 7) is 4.46. The molecule has 1 aromatic carbocycles. The lowest BCUT2D eigenvalue weighted by molar-refractivity contribution is -0.125. The van der Waals surface area contributed by atoms with Crippen LogP contribution < -0.4 is 10.6 Å². The summed E-state index contributed by atoms with van der Waals surface area (Å²) in [6.07, 6.45) is 2.07. The van der Waals surface area contributed by atoms with Crippen molar-refractivity contribution in [1.82, 2.24) is 15.5 Å². The number of carbonyl (C=O) groups is 1. The van der Waals surface area contributed by atoms with Gasteiger partial charge in [0.15, 0.2) is 11.6 Å². The van der Waals surface area contributed by atoms with Crippen LogP contribution in [0, 0.1) is 11.6 Å². The molecular formula is C18H25F2N3O2. The van der Waals surface area contributed by atoms with E-state index in [2.05, 4.69) is 15.5 Å². The van der Waals surface area contributed by atoms with Gasteiger partial charge in [0, 0.05) is 38.8 Å². The van der Waals surface area contributed by atoms with Crippen LogP contribution in [0.15, 0.2) is 18.2 Å². The average Bonchev–Trinajstić information content (AvgIpc) is 2.61. The Labute approximate surface area is 146 Å². The van der Waals surface area contributed by atoms with Crippen molar-refractivity contribution in [3.63, 3.8) is 0 Å². The Kier molecular flexibility index (Phi) is 6.34. The summed E-state index contributed by atoms with van der Waals surface area (Å²) in [5.41, 5.74) is 0.767. The van der Waals surface area contributed by atoms with E-state index in [0.29, 0.717) is 19.6 Å². The molecule has 2 saturated heterocycles. The maximum atomic E-state index is 13.3. The highest BCUT2D eigenvalue weighted by Crippen LogP contribution is 2.16. The van der Waals surface area contributed by atoms with Crippen molar-refractivity contribution in [2.75, 3.05) is 32.8 Å². The van der Waals surface area contributed by atoms with Crippen molar-refractivity contribution in [1.29, 1.82) is 0 Å². The Morgan fingerprint density at radius 3 is 2.76 bits per heavy atom. The fourth-order valence-corrected chi connectivity index (χ4v) is 3.38. The van der Waals surface area contributed by atoms with E-state index in [1.807, 2.05) is 0 Å². The van der Waals surface area contributed by atoms with Crippen LogP contribution in [0.5, 0.6) is 0 Å². The lowest BCUT2D eigenvalue weighted by Gasteiger charge is -2.33. The highest BCUT2D eigenvalue weighted by molar-refractivity contribution is 5.76. The first kappa shape index (κ1) is 18.2. The summed E-state index contributed by atoms with van der Waals surface area (Å²) in [7, 11) is 0. The van der Waals surface area contributed by atoms with Gasteiger partial charge in [0.2, 0.25) is 5.91 Å². The van der Waals surface area contributed by atoms with Gasteiger partial charge in [0.1, 0.15) is 0 Å². The maximum Gasteiger partial charge on any atom is 0.222 e. The third kappa shape index (κ3) is 5.45. The van der Waals surface area contributed by atoms with Crippen LogP contribution in [0.4, 0.5) is 8.78 Å². The minimum Gasteiger partial charge on any atom is -0.375 e. The van der Waals surface area contributed by atoms with Crippen LogP contribution in [0.3, 0.4) is 0 Å². The minimum atomic E-state index is -0.817. The molecule has 2 fully saturated rings. The van der Waals surface area contributed by atoms with E-state index in [1.54, 1.807) is 6.07 Å². The van der Waals surface area contributed by atoms with Gasteiger partial charge in [0.25, 0.3) is 0 Å². The van der Waals surface area contributed by atoms with Gasteiger partial charge in [0.05, 0.1) is 19.1 Å². The van der Waals surface area contributed by atoms with Gasteiger partial charge in [-0.2, -0.15) is 0 Å². The van der Waals surface area contributed by atoms with Crippen molar-refractivity contribution in [2.24, 2.45) is 0 Å². The number of halogens is 2. The van der Waals surface area contributed by atoms with E-state index in [0.717, 1.165) is 44.6 Å². The summed E-state index contributed by atoms with van der Waals surface area (Å²) >= 11 is 0. The molecule has 0 aliphatic carbocycles. The van der Waals surface area contributed by atoms with Gasteiger partial charge in [-0.25, -0.2) is 8.78 Å². The number of carbonyl (C=O) groups excluding carboxylic acids is 1. The zero-order chi connectivity index (χ0) is 17.6. The van der Waals surface area contributed by atoms with E-state index < -0.39 is 11.6 Å². The van der Waals surface area contributed by atoms with Crippen LogP contribution in [-0.2, 0) is 16.1 Å². The number of amides is 1. The second-order valence-corrected chi connectivity index (χ2v) is 6.77. The maximum absolute atomic E-state index is 13.3. The zero-order valence-electron chi connectivity index (χ0n) is 14.3. The number of piperidine rings is 1. The number of morpholine rings is 1. The van der Waals surface area contributed by atoms with E-state index >= 15 is 0 Å². The fraction of sp³-hybridized carbons (Fsp3) is 0.611. The van der Waals surface area contributed by atoms with E-state index in [1.165, 1.54) is 12.1 Å². The van der Waals surface area contributed by atoms with Gasteiger partial charge in [-0.3, -0.25) is 9.69 Å². The first-order valence-electron chi connectivity index (χ1n) is 8.88. The second kappa shape index (κ2) is 8.69. The molecule has 0 saturated carbocycles. The molecule has 2 aliphatic heterocycles. The molecular weight excluding hydrogens is 328 g/mol. The van der Waals surface area contributed by atoms with Crippen molar-refractivity contribution in [3.8, 4) is 0 Å². The number of benzene rings is 1. The predicted octanol–water partition coefficient (Wildman–Crippen LogP) is 1.42. The zero-order valence-corrected chi connectivity index (χ0v) is 14.3. The van der Waals surface area contributed by atoms with Crippen LogP contribution in [0.1, 0.15) is 24.8 Å². The number of hydrogen-bond donors (Lipinski definition) is 2. The molecule has 0 aromatic heterocycles. The quantitative estimate of drug-likeness (QED) is 0.841. The standard InChI is InChI=1S/C18H25F2N3O2/c19-16-2-1-13(9-17(16)20)12-23-6-3-14(4-7-23)22-18(24)10-15-11-21-5-8-25-15/h1-2,9,14-15,21H,3-8,10-12H2,(H,22,24)/t15-/m1/s1. The minimum absolute atomic E-state index is 0.0350. The lowest BCUT2D eigenvalue weighted by Crippen LogP contribution is -2.46. The number of nitrogens with zero attached hydrogens (tertiary/aromatic N) is 1. The van der Waals surface area contributed by atoms with Crippen LogP contribution in [0.25, 0.3) is 0 Å². The summed E-state index contributed by atoms with van der Waals surface area (Å²) in [6, 6.07) is 4.20. The molecule has 1 aromatic rings. The van der Waals surface area contributed by atoms with Crippen molar-refractivity contribution < 1.29 is 18.3 Å². The van der Waals surface area contributed by atoms with Gasteiger partial charge in [-0.15, -0.1) is 0 Å². The molecule has 0 radical (unpaired) electrons. The van der Waals surface area contributed by atoms with Gasteiger partial charge < -0.3 is 15.4 Å². The Bertz CT molecular complexity index is 586. The third-order valence-electron chi connectivity index (χ3n) is 4.76. The van der Waals surface area contributed by atoms with E-state index in [-0.39, 0.29) is 18.1 Å². The Morgan fingerprint density at radius 1 is 1.28 bits per heavy atom. The van der Waals surface area contributed by atoms with Crippen molar-refractivity contribution in [3.05, 3.63) is 35.4 Å². The molecule has 25 heavy (non-hydrogen) atoms. The Balaban J connectivity index is 1.39. The molecule has 2 aliphatic rings. The predicted molar refractivity (Wildman–Crippen MR) is 90.0 cm³/mol. The van der Waals surface area contributed by atoms with Gasteiger partial charge in [-0.1, -0.05) is 6.07 Å². The second-order valence-electron chi connectivity index (χ2n) is 6.77. The molecule has 0 bridgehead atoms. The SMILES string of the molecule is O=C(C[C@@H]1CNCCO1)NC1CCN(Cc2ccc(F)c(F)c2)CC1. The summed E-state index contributed by atoms with van der Waals surface area (Å²) < 4.78 is 31.8. The number of rotatable bonds is 5. The molecule has 5 nitrogen and oxygen atoms in total. The van der Waals surface area contributed by atoms with Crippen LogP contribution in [0.2, 0.25) is 0 Å². The fourth-order valence-electron chi connectivity index (χ4n) is 3.38. The Morgan fingerprint density at radius 2 is 2.08 bits per heavy atom. The number of likely N-dealkylation sites (tertiary alicyclic amines) is 1. The van der Waals surface area contributed by atoms with Crippen molar-refractivity contribution in [2.45, 2.75) is 38.0 Å². The first-order chi connectivity index (χ1) is 12.1. The highest BCUT2D eigenvalue weighted by atomic mass is 19.2. The molecule has 138 valence electrons. The number of ether oxygens (including phenoxy) is 1. The molecule has 1 amide bonds. The highest BCUT2D eigenvalue weighted by Gasteiger charge is 2.23. The van der Waals surface area contributed by atoms with E-state index in [4.69, 9.17) is 4.74 Å². The van der Waals surface area contributed by atoms with Crippen LogP contribution in [-0.4, -0.2) is 55.7 Å². The smallest absolute Gasteiger partial charge is 0.222 e. The Hall–Kier alpha value is -1.57. The number of hydrogen-bond acceptors (Lipinski definition) is 4. The molecule has 7 heteroatoms. The molecule has 0 spiro atoms. The van der Waals surface area contributed by atoms with Gasteiger partial charge in [-0.05, 0) is 30.5 Å². The summed E-state index contributed by atoms with van der Waals surface area (Å²) in [5, 5.41) is 6.30. The van der Waals surface area contributed by atoms with E-state index in [9.17, 15) is 13.6 Å². The van der Waals surface area contributed by atoms with Crippen LogP contribution >= 0.6 is 0 Å². The lowest BCUT2D eigenvalue weighted by atomic mass is 10.0. The molecule has 2 heterocycles. The molecule has 1 atom stereocenters. The monoisotopic (exact) mass is 353 g/mol. The third-order valence-corrected chi connectivity index (χ3v) is 4.76. The number of nitrogens with one attached hydrogen (secondary N) is 2. The molecule has 2 N–H and O–H groups in total. The summed E-state index contributed by atoms with van der Waals surface area (Å²) in [4.78, 5) is 14.3. The van der Waals surface area contributed by atoms with Gasteiger partial charge >= 0.3 is 0 Å². The summed E-state index contributed by atoms with van der Waals surface area (Å²) in [5.74, 6) is -1.59. The molecule has 0 unspecified atom stereocenters. The average molecular weight is 353 g/mol. The topological polar surface area (TPSA) is 53.6 Å².